The molecule has 0 rings (SSSR count). The van der Waals surface area contributed by atoms with Gasteiger partial charge in [0, 0.05) is 51.4 Å². The van der Waals surface area contributed by atoms with E-state index in [-0.39, 0.29) is 88.6 Å². The molecule has 4 heavy (non-hydrogen) atoms. The Balaban J connectivity index is 0. The molecule has 0 heterocycles. The van der Waals surface area contributed by atoms with E-state index in [2.05, 4.69) is 0 Å². The van der Waals surface area contributed by atoms with Crippen molar-refractivity contribution < 1.29 is 0 Å². The summed E-state index contributed by atoms with van der Waals surface area (Å²) in [4.78, 5) is 0. The van der Waals surface area contributed by atoms with Gasteiger partial charge < -0.3 is 0 Å². The number of rotatable bonds is 0. The Bertz CT molecular complexity index is 3.25. The molecule has 0 amide bonds. The summed E-state index contributed by atoms with van der Waals surface area (Å²) in [5.74, 6) is 0. The van der Waals surface area contributed by atoms with Gasteiger partial charge >= 0.3 is 0 Å². The Labute approximate surface area is 86.8 Å². The van der Waals surface area contributed by atoms with Crippen LogP contribution in [0.4, 0.5) is 0 Å². The van der Waals surface area contributed by atoms with Crippen molar-refractivity contribution in [3.8, 4) is 0 Å². The second-order valence-corrected chi connectivity index (χ2v) is 0. The summed E-state index contributed by atoms with van der Waals surface area (Å²) in [7, 11) is 0. The minimum absolute atomic E-state index is 0. The van der Waals surface area contributed by atoms with Crippen molar-refractivity contribution in [1.82, 2.24) is 0 Å². The molecule has 0 bridgehead atoms. The fraction of sp³-hybridized carbons (Fsp3) is 0. The summed E-state index contributed by atoms with van der Waals surface area (Å²) in [6, 6.07) is 0. The van der Waals surface area contributed by atoms with Crippen molar-refractivity contribution in [2.45, 2.75) is 0 Å². The van der Waals surface area contributed by atoms with E-state index in [1.165, 1.54) is 0 Å². The molecule has 1 radical (unpaired) electrons. The van der Waals surface area contributed by atoms with Crippen LogP contribution < -0.4 is 0 Å². The van der Waals surface area contributed by atoms with Crippen molar-refractivity contribution in [2.24, 2.45) is 0 Å². The van der Waals surface area contributed by atoms with Gasteiger partial charge in [-0.1, -0.05) is 0 Å². The first kappa shape index (κ1) is 31.4. The minimum atomic E-state index is 0. The van der Waals surface area contributed by atoms with Crippen LogP contribution in [-0.4, -0.2) is 51.4 Å². The quantitative estimate of drug-likeness (QED) is 0.448. The van der Waals surface area contributed by atoms with E-state index < -0.39 is 0 Å². The number of halogens is 3. The van der Waals surface area contributed by atoms with Gasteiger partial charge in [-0.15, -0.1) is 37.2 Å². The van der Waals surface area contributed by atoms with Crippen LogP contribution in [0.2, 0.25) is 0 Å². The normalized spacial score (nSPS) is 0. The van der Waals surface area contributed by atoms with Crippen LogP contribution in [0.15, 0.2) is 0 Å². The maximum Gasteiger partial charge on any atom is 0 e. The maximum absolute atomic E-state index is 0. The van der Waals surface area contributed by atoms with Crippen molar-refractivity contribution in [1.29, 1.82) is 0 Å². The Morgan fingerprint density at radius 2 is 0.500 bits per heavy atom. The smallest absolute Gasteiger partial charge is 0 e. The minimum Gasteiger partial charge on any atom is -0.147 e. The van der Waals surface area contributed by atoms with Gasteiger partial charge in [0.1, 0.15) is 0 Å². The molecule has 0 fully saturated rings. The molecule has 0 saturated carbocycles. The van der Waals surface area contributed by atoms with Crippen LogP contribution in [-0.2, 0) is 0 Å². The van der Waals surface area contributed by atoms with Gasteiger partial charge in [0.15, 0.2) is 0 Å². The second kappa shape index (κ2) is 17.8. The van der Waals surface area contributed by atoms with Crippen LogP contribution in [0.3, 0.4) is 0 Å². The SMILES string of the molecule is Cl.Cl.Cl.[K]. The largest absolute Gasteiger partial charge is 0.147 e. The van der Waals surface area contributed by atoms with Crippen LogP contribution >= 0.6 is 37.2 Å². The van der Waals surface area contributed by atoms with Gasteiger partial charge in [-0.25, -0.2) is 0 Å². The molecule has 0 nitrogen and oxygen atoms in total. The molecule has 0 aromatic carbocycles. The number of hydrogen-bond donors (Lipinski definition) is 0. The first-order chi connectivity index (χ1) is 0. The van der Waals surface area contributed by atoms with E-state index in [9.17, 15) is 0 Å². The molecule has 0 aromatic rings. The molecule has 0 N–H and O–H groups in total. The summed E-state index contributed by atoms with van der Waals surface area (Å²) in [6.45, 7) is 0. The average Bonchev–Trinajstić information content (AvgIpc) is 0. The van der Waals surface area contributed by atoms with Crippen LogP contribution in [0.5, 0.6) is 0 Å². The summed E-state index contributed by atoms with van der Waals surface area (Å²) in [6.07, 6.45) is 0. The van der Waals surface area contributed by atoms with E-state index in [1.807, 2.05) is 0 Å². The molecule has 0 aliphatic carbocycles. The summed E-state index contributed by atoms with van der Waals surface area (Å²) in [5, 5.41) is 0. The fourth-order valence-corrected chi connectivity index (χ4v) is 0. The molecule has 0 spiro atoms. The Morgan fingerprint density at radius 3 is 0.500 bits per heavy atom. The van der Waals surface area contributed by atoms with Crippen LogP contribution in [0.25, 0.3) is 0 Å². The van der Waals surface area contributed by atoms with Gasteiger partial charge in [-0.2, -0.15) is 0 Å². The van der Waals surface area contributed by atoms with Crippen LogP contribution in [0.1, 0.15) is 0 Å². The molecule has 0 saturated heterocycles. The van der Waals surface area contributed by atoms with Crippen molar-refractivity contribution in [3.63, 3.8) is 0 Å². The van der Waals surface area contributed by atoms with Crippen molar-refractivity contribution in [3.05, 3.63) is 0 Å². The van der Waals surface area contributed by atoms with E-state index in [0.717, 1.165) is 0 Å². The topological polar surface area (TPSA) is 0 Å². The molecule has 0 aliphatic heterocycles. The van der Waals surface area contributed by atoms with E-state index in [1.54, 1.807) is 0 Å². The van der Waals surface area contributed by atoms with Gasteiger partial charge in [0.2, 0.25) is 0 Å². The zero-order valence-corrected chi connectivity index (χ0v) is 7.80. The van der Waals surface area contributed by atoms with Gasteiger partial charge in [-0.3, -0.25) is 0 Å². The molecule has 0 atom stereocenters. The fourth-order valence-electron chi connectivity index (χ4n) is 0. The first-order valence-corrected chi connectivity index (χ1v) is 0. The maximum atomic E-state index is 0. The van der Waals surface area contributed by atoms with E-state index >= 15 is 0 Å². The third-order valence-electron chi connectivity index (χ3n) is 0. The monoisotopic (exact) mass is 147 g/mol. The van der Waals surface area contributed by atoms with Gasteiger partial charge in [0.05, 0.1) is 0 Å². The summed E-state index contributed by atoms with van der Waals surface area (Å²) in [5.41, 5.74) is 0. The third-order valence-corrected chi connectivity index (χ3v) is 0. The molecule has 0 unspecified atom stereocenters. The predicted octanol–water partition coefficient (Wildman–Crippen LogP) is 0.885. The molecular weight excluding hydrogens is 145 g/mol. The molecular formula is H3Cl3K. The third kappa shape index (κ3) is 8.82. The number of hydrogen-bond acceptors (Lipinski definition) is 0. The van der Waals surface area contributed by atoms with Gasteiger partial charge in [-0.05, 0) is 0 Å². The Hall–Kier alpha value is 2.51. The van der Waals surface area contributed by atoms with Gasteiger partial charge in [0.25, 0.3) is 0 Å². The standard InChI is InChI=1S/3ClH.K/h3*1H;. The molecule has 0 aromatic heterocycles. The van der Waals surface area contributed by atoms with E-state index in [4.69, 9.17) is 0 Å². The summed E-state index contributed by atoms with van der Waals surface area (Å²) >= 11 is 0. The zero-order chi connectivity index (χ0) is 0. The molecule has 25 valence electrons. The van der Waals surface area contributed by atoms with E-state index in [0.29, 0.717) is 0 Å². The summed E-state index contributed by atoms with van der Waals surface area (Å²) < 4.78 is 0. The van der Waals surface area contributed by atoms with Crippen molar-refractivity contribution >= 4 is 88.6 Å². The van der Waals surface area contributed by atoms with Crippen molar-refractivity contribution in [2.75, 3.05) is 0 Å². The Morgan fingerprint density at radius 1 is 0.500 bits per heavy atom. The molecule has 4 heteroatoms. The molecule has 0 aliphatic rings. The second-order valence-electron chi connectivity index (χ2n) is 0. The average molecular weight is 148 g/mol. The van der Waals surface area contributed by atoms with Crippen LogP contribution in [0, 0.1) is 0 Å². The first-order valence-electron chi connectivity index (χ1n) is 0. The predicted molar refractivity (Wildman–Crippen MR) is 27.5 cm³/mol. The zero-order valence-electron chi connectivity index (χ0n) is 2.22. The Kier molecular flexibility index (Phi) is 140.